The topological polar surface area (TPSA) is 20.2 Å². The van der Waals surface area contributed by atoms with Crippen LogP contribution in [0.15, 0.2) is 82.7 Å². The van der Waals surface area contributed by atoms with Gasteiger partial charge < -0.3 is 5.11 Å². The first-order valence-electron chi connectivity index (χ1n) is 17.1. The van der Waals surface area contributed by atoms with Crippen LogP contribution in [0.3, 0.4) is 0 Å². The second kappa shape index (κ2) is 12.7. The fraction of sp³-hybridized carbons (Fsp3) is 0.590. The number of benzene rings is 2. The molecular weight excluding hydrogens is 541 g/mol. The average molecular weight is 599 g/mol. The van der Waals surface area contributed by atoms with Gasteiger partial charge in [-0.1, -0.05) is 154 Å². The van der Waals surface area contributed by atoms with Gasteiger partial charge in [-0.05, 0) is 79.7 Å². The van der Waals surface area contributed by atoms with Crippen molar-refractivity contribution in [1.29, 1.82) is 0 Å². The molecule has 0 aliphatic heterocycles. The van der Waals surface area contributed by atoms with E-state index in [2.05, 4.69) is 114 Å². The molecule has 4 aliphatic carbocycles. The van der Waals surface area contributed by atoms with Crippen molar-refractivity contribution in [3.8, 4) is 0 Å². The van der Waals surface area contributed by atoms with Gasteiger partial charge in [0.15, 0.2) is 0 Å². The fourth-order valence-electron chi connectivity index (χ4n) is 10.1. The molecule has 3 heteroatoms. The minimum absolute atomic E-state index is 0.157. The van der Waals surface area contributed by atoms with Gasteiger partial charge in [0.05, 0.1) is 22.3 Å². The quantitative estimate of drug-likeness (QED) is 0.328. The third-order valence-electron chi connectivity index (χ3n) is 11.9. The Labute approximate surface area is 260 Å². The lowest BCUT2D eigenvalue weighted by Gasteiger charge is -2.46. The lowest BCUT2D eigenvalue weighted by molar-refractivity contribution is 0.124. The number of aliphatic hydroxyl groups excluding tert-OH is 1. The molecular formula is C39H58OSi2. The summed E-state index contributed by atoms with van der Waals surface area (Å²) in [4.78, 5) is 0. The molecule has 0 bridgehead atoms. The van der Waals surface area contributed by atoms with E-state index in [0.717, 1.165) is 30.2 Å². The maximum Gasteiger partial charge on any atom is 0.0830 e. The van der Waals surface area contributed by atoms with Crippen LogP contribution < -0.4 is 0 Å². The standard InChI is InChI=1S/C20H30Si.C19H28OSi/c1-16-9-8-14-20(2)18(16)12-13-19(20)21(3,4)15-17-10-6-5-7-11-17;1-14-8-7-11-16-17(14)12-18(20)19(16)21(2,3)13-15-9-5-4-6-10-15/h5-7,10-11,13,16,18H,8-9,12,14-15H2,1-4H3;4-6,9-10,14,17-18,20H,7-8,11-13H2,1-3H3/t16-,18+,20?;14-,17+,18+/m11/s1. The molecule has 1 nitrogen and oxygen atoms in total. The zero-order valence-electron chi connectivity index (χ0n) is 27.8. The third kappa shape index (κ3) is 6.54. The number of hydrogen-bond acceptors (Lipinski definition) is 1. The van der Waals surface area contributed by atoms with Crippen LogP contribution in [0.1, 0.15) is 83.3 Å². The van der Waals surface area contributed by atoms with Crippen molar-refractivity contribution in [3.63, 3.8) is 0 Å². The Bertz CT molecular complexity index is 1260. The summed E-state index contributed by atoms with van der Waals surface area (Å²) in [5.41, 5.74) is 5.14. The molecule has 0 saturated heterocycles. The van der Waals surface area contributed by atoms with Crippen molar-refractivity contribution in [3.05, 3.63) is 93.8 Å². The minimum atomic E-state index is -1.58. The third-order valence-corrected chi connectivity index (χ3v) is 18.8. The molecule has 4 aliphatic rings. The molecule has 1 N–H and O–H groups in total. The average Bonchev–Trinajstić information content (AvgIpc) is 3.49. The highest BCUT2D eigenvalue weighted by Gasteiger charge is 2.50. The number of aliphatic hydroxyl groups is 1. The van der Waals surface area contributed by atoms with Gasteiger partial charge in [0.1, 0.15) is 0 Å². The van der Waals surface area contributed by atoms with Crippen molar-refractivity contribution in [1.82, 2.24) is 0 Å². The molecule has 228 valence electrons. The molecule has 0 heterocycles. The van der Waals surface area contributed by atoms with E-state index in [1.807, 2.05) is 5.20 Å². The fourth-order valence-corrected chi connectivity index (χ4v) is 17.7. The van der Waals surface area contributed by atoms with Crippen molar-refractivity contribution < 1.29 is 5.11 Å². The summed E-state index contributed by atoms with van der Waals surface area (Å²) in [6.07, 6.45) is 13.1. The molecule has 0 radical (unpaired) electrons. The van der Waals surface area contributed by atoms with Gasteiger partial charge >= 0.3 is 0 Å². The van der Waals surface area contributed by atoms with Crippen LogP contribution in [0, 0.1) is 29.1 Å². The maximum atomic E-state index is 10.7. The van der Waals surface area contributed by atoms with Crippen molar-refractivity contribution in [2.45, 2.75) is 117 Å². The van der Waals surface area contributed by atoms with Gasteiger partial charge in [0.25, 0.3) is 0 Å². The highest BCUT2D eigenvalue weighted by atomic mass is 28.3. The Balaban J connectivity index is 0.000000168. The predicted molar refractivity (Wildman–Crippen MR) is 187 cm³/mol. The van der Waals surface area contributed by atoms with Crippen LogP contribution in [0.2, 0.25) is 26.2 Å². The van der Waals surface area contributed by atoms with Gasteiger partial charge in [-0.15, -0.1) is 0 Å². The van der Waals surface area contributed by atoms with Gasteiger partial charge in [0, 0.05) is 0 Å². The minimum Gasteiger partial charge on any atom is -0.389 e. The van der Waals surface area contributed by atoms with E-state index in [1.54, 1.807) is 5.57 Å². The van der Waals surface area contributed by atoms with Crippen LogP contribution in [0.4, 0.5) is 0 Å². The highest BCUT2D eigenvalue weighted by Crippen LogP contribution is 2.57. The molecule has 6 rings (SSSR count). The largest absolute Gasteiger partial charge is 0.389 e. The van der Waals surface area contributed by atoms with E-state index in [9.17, 15) is 5.11 Å². The normalized spacial score (nSPS) is 31.1. The Kier molecular flexibility index (Phi) is 9.62. The Morgan fingerprint density at radius 1 is 0.786 bits per heavy atom. The first-order chi connectivity index (χ1) is 19.9. The lowest BCUT2D eigenvalue weighted by atomic mass is 9.65. The summed E-state index contributed by atoms with van der Waals surface area (Å²) in [7, 11) is -2.94. The van der Waals surface area contributed by atoms with Gasteiger partial charge in [-0.25, -0.2) is 0 Å². The first kappa shape index (κ1) is 31.7. The molecule has 42 heavy (non-hydrogen) atoms. The number of allylic oxidation sites excluding steroid dienone is 3. The number of hydrogen-bond donors (Lipinski definition) is 1. The van der Waals surface area contributed by atoms with E-state index in [4.69, 9.17) is 0 Å². The first-order valence-corrected chi connectivity index (χ1v) is 23.5. The van der Waals surface area contributed by atoms with E-state index in [-0.39, 0.29) is 6.10 Å². The van der Waals surface area contributed by atoms with Crippen LogP contribution in [-0.4, -0.2) is 27.4 Å². The second-order valence-corrected chi connectivity index (χ2v) is 25.3. The van der Waals surface area contributed by atoms with Crippen molar-refractivity contribution in [2.24, 2.45) is 29.1 Å². The van der Waals surface area contributed by atoms with E-state index >= 15 is 0 Å². The summed E-state index contributed by atoms with van der Waals surface area (Å²) >= 11 is 0. The van der Waals surface area contributed by atoms with E-state index in [1.165, 1.54) is 67.3 Å². The summed E-state index contributed by atoms with van der Waals surface area (Å²) < 4.78 is 0. The SMILES string of the molecule is C[C@@H]1CCCC2(C)C([Si](C)(C)Cc3ccccc3)=CC[C@@H]12.C[C@@H]1CCCC2=C([Si](C)(C)Cc3ccccc3)[C@@H](O)C[C@H]21. The molecule has 1 unspecified atom stereocenters. The van der Waals surface area contributed by atoms with Crippen LogP contribution in [-0.2, 0) is 12.1 Å². The Hall–Kier alpha value is -1.69. The summed E-state index contributed by atoms with van der Waals surface area (Å²) in [6.45, 7) is 17.6. The molecule has 2 saturated carbocycles. The Morgan fingerprint density at radius 2 is 1.36 bits per heavy atom. The molecule has 0 aromatic heterocycles. The molecule has 6 atom stereocenters. The van der Waals surface area contributed by atoms with Crippen LogP contribution in [0.5, 0.6) is 0 Å². The maximum absolute atomic E-state index is 10.7. The summed E-state index contributed by atoms with van der Waals surface area (Å²) in [5.74, 6) is 3.27. The Morgan fingerprint density at radius 3 is 1.98 bits per heavy atom. The lowest BCUT2D eigenvalue weighted by Crippen LogP contribution is -2.44. The summed E-state index contributed by atoms with van der Waals surface area (Å²) in [6, 6.07) is 24.4. The van der Waals surface area contributed by atoms with E-state index in [0.29, 0.717) is 11.3 Å². The van der Waals surface area contributed by atoms with Crippen LogP contribution in [0.25, 0.3) is 0 Å². The van der Waals surface area contributed by atoms with Crippen molar-refractivity contribution >= 4 is 16.1 Å². The van der Waals surface area contributed by atoms with Crippen LogP contribution >= 0.6 is 0 Å². The zero-order chi connectivity index (χ0) is 30.1. The molecule has 2 aromatic rings. The highest BCUT2D eigenvalue weighted by molar-refractivity contribution is 6.84. The second-order valence-electron chi connectivity index (χ2n) is 16.0. The molecule has 0 spiro atoms. The van der Waals surface area contributed by atoms with Crippen molar-refractivity contribution in [2.75, 3.05) is 0 Å². The van der Waals surface area contributed by atoms with Gasteiger partial charge in [-0.3, -0.25) is 0 Å². The molecule has 0 amide bonds. The van der Waals surface area contributed by atoms with Gasteiger partial charge in [-0.2, -0.15) is 0 Å². The monoisotopic (exact) mass is 598 g/mol. The molecule has 2 aromatic carbocycles. The van der Waals surface area contributed by atoms with Gasteiger partial charge in [0.2, 0.25) is 0 Å². The smallest absolute Gasteiger partial charge is 0.0830 e. The summed E-state index contributed by atoms with van der Waals surface area (Å²) in [5, 5.41) is 14.1. The predicted octanol–water partition coefficient (Wildman–Crippen LogP) is 10.3. The zero-order valence-corrected chi connectivity index (χ0v) is 29.8. The molecule has 2 fully saturated rings. The van der Waals surface area contributed by atoms with E-state index < -0.39 is 16.1 Å². The number of fused-ring (bicyclic) bond motifs is 2. The number of rotatable bonds is 6.